The number of imide groups is 1. The predicted octanol–water partition coefficient (Wildman–Crippen LogP) is 4.64. The van der Waals surface area contributed by atoms with E-state index in [9.17, 15) is 14.4 Å². The average molecular weight is 529 g/mol. The van der Waals surface area contributed by atoms with Gasteiger partial charge in [-0.2, -0.15) is 0 Å². The van der Waals surface area contributed by atoms with Gasteiger partial charge in [0, 0.05) is 44.0 Å². The Bertz CT molecular complexity index is 1380. The van der Waals surface area contributed by atoms with E-state index in [0.29, 0.717) is 30.0 Å². The number of nitrogens with zero attached hydrogens (tertiary/aromatic N) is 3. The Morgan fingerprint density at radius 1 is 0.842 bits per heavy atom. The standard InChI is InChI=1S/C30H29ClN4O3/c1-2-21-11-13-25(14-12-21)35-29(37)26(31)27(30(35)38)32-24-10-6-9-23(19-24)28(36)34-17-15-33(16-18-34)20-22-7-4-3-5-8-22/h3-14,19,32H,2,15-18,20H2,1H3. The molecule has 2 aliphatic rings. The minimum absolute atomic E-state index is 0.00430. The second-order valence-corrected chi connectivity index (χ2v) is 9.79. The number of anilines is 2. The first-order valence-corrected chi connectivity index (χ1v) is 13.1. The van der Waals surface area contributed by atoms with Gasteiger partial charge in [-0.25, -0.2) is 4.90 Å². The van der Waals surface area contributed by atoms with E-state index in [1.165, 1.54) is 5.56 Å². The Morgan fingerprint density at radius 2 is 1.55 bits per heavy atom. The summed E-state index contributed by atoms with van der Waals surface area (Å²) in [6.07, 6.45) is 0.854. The number of carbonyl (C=O) groups is 3. The quantitative estimate of drug-likeness (QED) is 0.452. The first-order chi connectivity index (χ1) is 18.4. The summed E-state index contributed by atoms with van der Waals surface area (Å²) in [6.45, 7) is 5.77. The van der Waals surface area contributed by atoms with Gasteiger partial charge in [0.2, 0.25) is 0 Å². The van der Waals surface area contributed by atoms with Crippen LogP contribution in [0.5, 0.6) is 0 Å². The molecular formula is C30H29ClN4O3. The number of halogens is 1. The smallest absolute Gasteiger partial charge is 0.283 e. The first kappa shape index (κ1) is 25.7. The van der Waals surface area contributed by atoms with Crippen molar-refractivity contribution in [2.24, 2.45) is 0 Å². The van der Waals surface area contributed by atoms with Gasteiger partial charge in [-0.05, 0) is 47.9 Å². The summed E-state index contributed by atoms with van der Waals surface area (Å²) < 4.78 is 0. The summed E-state index contributed by atoms with van der Waals surface area (Å²) in [5, 5.41) is 2.80. The maximum atomic E-state index is 13.2. The van der Waals surface area contributed by atoms with Crippen molar-refractivity contribution in [2.45, 2.75) is 19.9 Å². The van der Waals surface area contributed by atoms with E-state index in [-0.39, 0.29) is 16.6 Å². The third-order valence-corrected chi connectivity index (χ3v) is 7.27. The van der Waals surface area contributed by atoms with Crippen molar-refractivity contribution in [1.82, 2.24) is 9.80 Å². The van der Waals surface area contributed by atoms with E-state index in [4.69, 9.17) is 11.6 Å². The van der Waals surface area contributed by atoms with Gasteiger partial charge in [-0.15, -0.1) is 0 Å². The molecule has 7 nitrogen and oxygen atoms in total. The van der Waals surface area contributed by atoms with Gasteiger partial charge < -0.3 is 10.2 Å². The van der Waals surface area contributed by atoms with Crippen LogP contribution in [0.4, 0.5) is 11.4 Å². The summed E-state index contributed by atoms with van der Waals surface area (Å²) in [7, 11) is 0. The summed E-state index contributed by atoms with van der Waals surface area (Å²) in [5.41, 5.74) is 3.83. The summed E-state index contributed by atoms with van der Waals surface area (Å²) in [6, 6.07) is 24.5. The van der Waals surface area contributed by atoms with Crippen molar-refractivity contribution in [3.8, 4) is 0 Å². The van der Waals surface area contributed by atoms with Crippen LogP contribution in [0.1, 0.15) is 28.4 Å². The molecule has 2 heterocycles. The largest absolute Gasteiger partial charge is 0.350 e. The summed E-state index contributed by atoms with van der Waals surface area (Å²) >= 11 is 6.30. The number of hydrogen-bond donors (Lipinski definition) is 1. The molecule has 194 valence electrons. The van der Waals surface area contributed by atoms with Gasteiger partial charge in [-0.1, -0.05) is 67.1 Å². The van der Waals surface area contributed by atoms with Crippen LogP contribution in [0.25, 0.3) is 0 Å². The summed E-state index contributed by atoms with van der Waals surface area (Å²) in [5.74, 6) is -1.18. The van der Waals surface area contributed by atoms with Crippen molar-refractivity contribution in [3.05, 3.63) is 106 Å². The lowest BCUT2D eigenvalue weighted by molar-refractivity contribution is -0.120. The number of amides is 3. The number of rotatable bonds is 7. The number of aryl methyl sites for hydroxylation is 1. The molecule has 8 heteroatoms. The van der Waals surface area contributed by atoms with Crippen LogP contribution in [-0.4, -0.2) is 53.7 Å². The number of hydrogen-bond acceptors (Lipinski definition) is 5. The first-order valence-electron chi connectivity index (χ1n) is 12.7. The molecule has 1 N–H and O–H groups in total. The van der Waals surface area contributed by atoms with Crippen molar-refractivity contribution in [3.63, 3.8) is 0 Å². The Hall–Kier alpha value is -3.94. The Morgan fingerprint density at radius 3 is 2.24 bits per heavy atom. The Labute approximate surface area is 227 Å². The molecule has 1 saturated heterocycles. The van der Waals surface area contributed by atoms with Gasteiger partial charge in [0.25, 0.3) is 17.7 Å². The van der Waals surface area contributed by atoms with Crippen molar-refractivity contribution < 1.29 is 14.4 Å². The van der Waals surface area contributed by atoms with Crippen LogP contribution in [0.3, 0.4) is 0 Å². The Balaban J connectivity index is 1.24. The summed E-state index contributed by atoms with van der Waals surface area (Å²) in [4.78, 5) is 44.4. The molecule has 1 fully saturated rings. The van der Waals surface area contributed by atoms with Crippen LogP contribution >= 0.6 is 11.6 Å². The lowest BCUT2D eigenvalue weighted by Gasteiger charge is -2.34. The van der Waals surface area contributed by atoms with E-state index in [1.54, 1.807) is 36.4 Å². The fourth-order valence-electron chi connectivity index (χ4n) is 4.73. The normalized spacial score (nSPS) is 16.4. The third-order valence-electron chi connectivity index (χ3n) is 6.92. The Kier molecular flexibility index (Phi) is 7.58. The van der Waals surface area contributed by atoms with Crippen LogP contribution in [-0.2, 0) is 22.6 Å². The van der Waals surface area contributed by atoms with Gasteiger partial charge in [0.15, 0.2) is 0 Å². The molecule has 0 unspecified atom stereocenters. The highest BCUT2D eigenvalue weighted by Crippen LogP contribution is 2.30. The molecule has 38 heavy (non-hydrogen) atoms. The molecule has 0 radical (unpaired) electrons. The lowest BCUT2D eigenvalue weighted by atomic mass is 10.1. The predicted molar refractivity (Wildman–Crippen MR) is 149 cm³/mol. The molecule has 5 rings (SSSR count). The molecule has 0 bridgehead atoms. The maximum absolute atomic E-state index is 13.2. The lowest BCUT2D eigenvalue weighted by Crippen LogP contribution is -2.48. The highest BCUT2D eigenvalue weighted by molar-refractivity contribution is 6.53. The van der Waals surface area contributed by atoms with Gasteiger partial charge in [-0.3, -0.25) is 19.3 Å². The van der Waals surface area contributed by atoms with E-state index in [0.717, 1.165) is 36.5 Å². The molecule has 3 aromatic rings. The number of nitrogens with one attached hydrogen (secondary N) is 1. The van der Waals surface area contributed by atoms with Gasteiger partial charge in [0.1, 0.15) is 10.7 Å². The van der Waals surface area contributed by atoms with Crippen molar-refractivity contribution in [1.29, 1.82) is 0 Å². The third kappa shape index (κ3) is 5.35. The van der Waals surface area contributed by atoms with Crippen LogP contribution in [0, 0.1) is 0 Å². The molecule has 2 aliphatic heterocycles. The monoisotopic (exact) mass is 528 g/mol. The molecule has 0 spiro atoms. The molecule has 3 aromatic carbocycles. The minimum Gasteiger partial charge on any atom is -0.350 e. The van der Waals surface area contributed by atoms with E-state index in [1.807, 2.05) is 42.2 Å². The zero-order valence-corrected chi connectivity index (χ0v) is 21.9. The van der Waals surface area contributed by atoms with Gasteiger partial charge >= 0.3 is 0 Å². The van der Waals surface area contributed by atoms with E-state index in [2.05, 4.69) is 22.3 Å². The highest BCUT2D eigenvalue weighted by atomic mass is 35.5. The molecule has 0 atom stereocenters. The zero-order chi connectivity index (χ0) is 26.6. The number of benzene rings is 3. The molecule has 0 aliphatic carbocycles. The molecule has 3 amide bonds. The van der Waals surface area contributed by atoms with Crippen LogP contribution in [0.15, 0.2) is 89.6 Å². The minimum atomic E-state index is -0.580. The van der Waals surface area contributed by atoms with Crippen LogP contribution < -0.4 is 10.2 Å². The van der Waals surface area contributed by atoms with E-state index >= 15 is 0 Å². The topological polar surface area (TPSA) is 73.0 Å². The maximum Gasteiger partial charge on any atom is 0.283 e. The number of piperazine rings is 1. The SMILES string of the molecule is CCc1ccc(N2C(=O)C(Cl)=C(Nc3cccc(C(=O)N4CCN(Cc5ccccc5)CC4)c3)C2=O)cc1. The second kappa shape index (κ2) is 11.2. The zero-order valence-electron chi connectivity index (χ0n) is 21.2. The fraction of sp³-hybridized carbons (Fsp3) is 0.233. The number of carbonyl (C=O) groups excluding carboxylic acids is 3. The average Bonchev–Trinajstić information content (AvgIpc) is 3.16. The molecular weight excluding hydrogens is 500 g/mol. The van der Waals surface area contributed by atoms with E-state index < -0.39 is 11.8 Å². The van der Waals surface area contributed by atoms with Gasteiger partial charge in [0.05, 0.1) is 5.69 Å². The van der Waals surface area contributed by atoms with Crippen LogP contribution in [0.2, 0.25) is 0 Å². The molecule has 0 aromatic heterocycles. The highest BCUT2D eigenvalue weighted by Gasteiger charge is 2.39. The second-order valence-electron chi connectivity index (χ2n) is 9.41. The van der Waals surface area contributed by atoms with Crippen molar-refractivity contribution in [2.75, 3.05) is 36.4 Å². The molecule has 0 saturated carbocycles. The van der Waals surface area contributed by atoms with Crippen molar-refractivity contribution >= 4 is 40.7 Å². The fourth-order valence-corrected chi connectivity index (χ4v) is 4.95.